The first-order chi connectivity index (χ1) is 9.20. The first-order valence-electron chi connectivity index (χ1n) is 7.67. The maximum absolute atomic E-state index is 12.0. The molecule has 2 nitrogen and oxygen atoms in total. The first-order valence-corrected chi connectivity index (χ1v) is 7.67. The molecule has 2 rings (SSSR count). The van der Waals surface area contributed by atoms with Gasteiger partial charge in [0.25, 0.3) is 0 Å². The molecule has 0 amide bonds. The van der Waals surface area contributed by atoms with E-state index in [0.717, 1.165) is 50.6 Å². The molecule has 19 heavy (non-hydrogen) atoms. The molecular weight excluding hydrogens is 234 g/mol. The minimum absolute atomic E-state index is 0.326. The lowest BCUT2D eigenvalue weighted by atomic mass is 9.78. The van der Waals surface area contributed by atoms with Crippen molar-refractivity contribution in [2.24, 2.45) is 5.92 Å². The number of nitrogens with zero attached hydrogens (tertiary/aromatic N) is 1. The molecule has 0 atom stereocenters. The van der Waals surface area contributed by atoms with Crippen molar-refractivity contribution in [1.29, 1.82) is 0 Å². The summed E-state index contributed by atoms with van der Waals surface area (Å²) in [6, 6.07) is 6.27. The zero-order chi connectivity index (χ0) is 13.7. The summed E-state index contributed by atoms with van der Waals surface area (Å²) in [5.74, 6) is 1.39. The Kier molecular flexibility index (Phi) is 5.12. The molecule has 0 spiro atoms. The molecule has 0 radical (unpaired) electrons. The van der Waals surface area contributed by atoms with Crippen molar-refractivity contribution in [3.63, 3.8) is 0 Å². The van der Waals surface area contributed by atoms with Crippen LogP contribution in [0.4, 0.5) is 0 Å². The van der Waals surface area contributed by atoms with Gasteiger partial charge in [0.05, 0.1) is 0 Å². The molecule has 1 aliphatic rings. The van der Waals surface area contributed by atoms with E-state index in [0.29, 0.717) is 17.6 Å². The number of hydrogen-bond acceptors (Lipinski definition) is 2. The molecule has 2 heteroatoms. The van der Waals surface area contributed by atoms with Crippen LogP contribution in [0.2, 0.25) is 0 Å². The smallest absolute Gasteiger partial charge is 0.135 e. The second kappa shape index (κ2) is 6.83. The Morgan fingerprint density at radius 3 is 2.63 bits per heavy atom. The molecule has 1 saturated carbocycles. The van der Waals surface area contributed by atoms with Crippen LogP contribution in [0.3, 0.4) is 0 Å². The van der Waals surface area contributed by atoms with E-state index in [1.165, 1.54) is 5.69 Å². The minimum atomic E-state index is 0.326. The van der Waals surface area contributed by atoms with Crippen molar-refractivity contribution in [3.8, 4) is 0 Å². The predicted molar refractivity (Wildman–Crippen MR) is 78.2 cm³/mol. The van der Waals surface area contributed by atoms with Gasteiger partial charge < -0.3 is 0 Å². The van der Waals surface area contributed by atoms with Crippen LogP contribution in [0.1, 0.15) is 69.2 Å². The van der Waals surface area contributed by atoms with E-state index in [9.17, 15) is 4.79 Å². The third-order valence-corrected chi connectivity index (χ3v) is 4.29. The van der Waals surface area contributed by atoms with Crippen LogP contribution in [0.15, 0.2) is 18.2 Å². The summed E-state index contributed by atoms with van der Waals surface area (Å²) in [6.07, 6.45) is 7.32. The fraction of sp³-hybridized carbons (Fsp3) is 0.647. The summed E-state index contributed by atoms with van der Waals surface area (Å²) < 4.78 is 0. The largest absolute Gasteiger partial charge is 0.299 e. The topological polar surface area (TPSA) is 30.0 Å². The number of carbonyl (C=O) groups excluding carboxylic acids is 1. The van der Waals surface area contributed by atoms with Crippen molar-refractivity contribution in [2.45, 2.75) is 64.7 Å². The highest BCUT2D eigenvalue weighted by atomic mass is 16.1. The van der Waals surface area contributed by atoms with Crippen LogP contribution >= 0.6 is 0 Å². The van der Waals surface area contributed by atoms with Crippen LogP contribution in [0.5, 0.6) is 0 Å². The minimum Gasteiger partial charge on any atom is -0.299 e. The second-order valence-electron chi connectivity index (χ2n) is 5.82. The molecule has 1 aliphatic carbocycles. The summed E-state index contributed by atoms with van der Waals surface area (Å²) >= 11 is 0. The maximum Gasteiger partial charge on any atom is 0.135 e. The van der Waals surface area contributed by atoms with E-state index in [-0.39, 0.29) is 0 Å². The van der Waals surface area contributed by atoms with Crippen molar-refractivity contribution >= 4 is 5.78 Å². The summed E-state index contributed by atoms with van der Waals surface area (Å²) in [6.45, 7) is 4.19. The van der Waals surface area contributed by atoms with Crippen molar-refractivity contribution in [2.75, 3.05) is 0 Å². The zero-order valence-corrected chi connectivity index (χ0v) is 12.2. The van der Waals surface area contributed by atoms with E-state index >= 15 is 0 Å². The molecule has 0 N–H and O–H groups in total. The van der Waals surface area contributed by atoms with Gasteiger partial charge in [-0.15, -0.1) is 0 Å². The predicted octanol–water partition coefficient (Wildman–Crippen LogP) is 4.42. The van der Waals surface area contributed by atoms with E-state index in [1.54, 1.807) is 0 Å². The Balaban J connectivity index is 1.87. The lowest BCUT2D eigenvalue weighted by Gasteiger charge is -2.27. The van der Waals surface area contributed by atoms with E-state index < -0.39 is 0 Å². The summed E-state index contributed by atoms with van der Waals surface area (Å²) in [4.78, 5) is 16.7. The second-order valence-corrected chi connectivity index (χ2v) is 5.82. The third kappa shape index (κ3) is 3.89. The van der Waals surface area contributed by atoms with E-state index in [4.69, 9.17) is 0 Å². The van der Waals surface area contributed by atoms with Crippen molar-refractivity contribution in [3.05, 3.63) is 29.6 Å². The first kappa shape index (κ1) is 14.2. The molecule has 1 aromatic rings. The normalized spacial score (nSPS) is 23.3. The zero-order valence-electron chi connectivity index (χ0n) is 12.2. The van der Waals surface area contributed by atoms with Crippen LogP contribution in [-0.2, 0) is 4.79 Å². The standard InChI is InChI=1S/C17H25NO/c1-3-4-8-17(19)15-11-9-14(10-12-15)16-7-5-6-13(2)18-16/h5-7,14-15H,3-4,8-12H2,1-2H3/t14-,15-. The number of carbonyl (C=O) groups is 1. The molecule has 0 aromatic carbocycles. The Labute approximate surface area is 116 Å². The Hall–Kier alpha value is -1.18. The molecule has 0 aliphatic heterocycles. The number of aromatic nitrogens is 1. The Morgan fingerprint density at radius 2 is 2.00 bits per heavy atom. The summed E-state index contributed by atoms with van der Waals surface area (Å²) in [5.41, 5.74) is 2.32. The summed E-state index contributed by atoms with van der Waals surface area (Å²) in [5, 5.41) is 0. The van der Waals surface area contributed by atoms with Crippen LogP contribution in [0.25, 0.3) is 0 Å². The average Bonchev–Trinajstić information content (AvgIpc) is 2.45. The average molecular weight is 259 g/mol. The van der Waals surface area contributed by atoms with Crippen LogP contribution in [0, 0.1) is 12.8 Å². The number of rotatable bonds is 5. The fourth-order valence-corrected chi connectivity index (χ4v) is 3.06. The number of unbranched alkanes of at least 4 members (excludes halogenated alkanes) is 1. The highest BCUT2D eigenvalue weighted by molar-refractivity contribution is 5.81. The Bertz CT molecular complexity index is 419. The van der Waals surface area contributed by atoms with Gasteiger partial charge in [-0.2, -0.15) is 0 Å². The molecule has 1 fully saturated rings. The molecule has 0 unspecified atom stereocenters. The van der Waals surface area contributed by atoms with Gasteiger partial charge in [0.1, 0.15) is 5.78 Å². The number of pyridine rings is 1. The third-order valence-electron chi connectivity index (χ3n) is 4.29. The van der Waals surface area contributed by atoms with Gasteiger partial charge in [-0.3, -0.25) is 9.78 Å². The molecule has 0 bridgehead atoms. The van der Waals surface area contributed by atoms with Gasteiger partial charge >= 0.3 is 0 Å². The van der Waals surface area contributed by atoms with E-state index in [1.807, 2.05) is 13.0 Å². The van der Waals surface area contributed by atoms with E-state index in [2.05, 4.69) is 24.0 Å². The van der Waals surface area contributed by atoms with Gasteiger partial charge in [0.15, 0.2) is 0 Å². The molecular formula is C17H25NO. The molecule has 1 heterocycles. The van der Waals surface area contributed by atoms with Gasteiger partial charge in [-0.25, -0.2) is 0 Å². The number of Topliss-reactive ketones (excluding diaryl/α,β-unsaturated/α-hetero) is 1. The maximum atomic E-state index is 12.0. The Morgan fingerprint density at radius 1 is 1.26 bits per heavy atom. The highest BCUT2D eigenvalue weighted by Gasteiger charge is 2.27. The van der Waals surface area contributed by atoms with Crippen LogP contribution in [-0.4, -0.2) is 10.8 Å². The number of ketones is 1. The molecule has 1 aromatic heterocycles. The van der Waals surface area contributed by atoms with Gasteiger partial charge in [-0.05, 0) is 51.2 Å². The van der Waals surface area contributed by atoms with Crippen LogP contribution < -0.4 is 0 Å². The summed E-state index contributed by atoms with van der Waals surface area (Å²) in [7, 11) is 0. The van der Waals surface area contributed by atoms with Gasteiger partial charge in [-0.1, -0.05) is 19.4 Å². The lowest BCUT2D eigenvalue weighted by Crippen LogP contribution is -2.21. The number of hydrogen-bond donors (Lipinski definition) is 0. The molecule has 0 saturated heterocycles. The van der Waals surface area contributed by atoms with Crippen molar-refractivity contribution < 1.29 is 4.79 Å². The van der Waals surface area contributed by atoms with Crippen molar-refractivity contribution in [1.82, 2.24) is 4.98 Å². The quantitative estimate of drug-likeness (QED) is 0.783. The highest BCUT2D eigenvalue weighted by Crippen LogP contribution is 2.35. The lowest BCUT2D eigenvalue weighted by molar-refractivity contribution is -0.124. The van der Waals surface area contributed by atoms with Gasteiger partial charge in [0, 0.05) is 29.6 Å². The SMILES string of the molecule is CCCCC(=O)[C@H]1CC[C@H](c2cccc(C)n2)CC1. The molecule has 104 valence electrons. The monoisotopic (exact) mass is 259 g/mol. The van der Waals surface area contributed by atoms with Gasteiger partial charge in [0.2, 0.25) is 0 Å². The fourth-order valence-electron chi connectivity index (χ4n) is 3.06. The number of aryl methyl sites for hydroxylation is 1.